The maximum atomic E-state index is 11.2. The third kappa shape index (κ3) is 4.80. The molecule has 1 rings (SSSR count). The van der Waals surface area contributed by atoms with Crippen molar-refractivity contribution in [3.8, 4) is 0 Å². The van der Waals surface area contributed by atoms with Crippen LogP contribution in [0.5, 0.6) is 0 Å². The molecule has 0 spiro atoms. The number of hydrogen-bond donors (Lipinski definition) is 0. The molecule has 86 valence electrons. The van der Waals surface area contributed by atoms with Gasteiger partial charge in [-0.1, -0.05) is 30.5 Å². The van der Waals surface area contributed by atoms with Gasteiger partial charge in [-0.15, -0.1) is 0 Å². The van der Waals surface area contributed by atoms with E-state index in [1.807, 2.05) is 6.08 Å². The van der Waals surface area contributed by atoms with Crippen LogP contribution in [0.4, 0.5) is 0 Å². The third-order valence-corrected chi connectivity index (χ3v) is 3.13. The Balaban J connectivity index is 2.53. The molecule has 1 aliphatic rings. The maximum Gasteiger partial charge on any atom is 0.131 e. The van der Waals surface area contributed by atoms with Gasteiger partial charge in [0, 0.05) is 24.5 Å². The van der Waals surface area contributed by atoms with E-state index < -0.39 is 0 Å². The first-order chi connectivity index (χ1) is 7.24. The molecule has 2 nitrogen and oxygen atoms in total. The van der Waals surface area contributed by atoms with E-state index in [0.717, 1.165) is 19.5 Å². The van der Waals surface area contributed by atoms with E-state index >= 15 is 0 Å². The van der Waals surface area contributed by atoms with Crippen LogP contribution in [0.1, 0.15) is 39.0 Å². The minimum atomic E-state index is 0.293. The van der Waals surface area contributed by atoms with Gasteiger partial charge in [-0.05, 0) is 26.3 Å². The first-order valence-electron chi connectivity index (χ1n) is 5.72. The minimum absolute atomic E-state index is 0.293. The number of likely N-dealkylation sites (tertiary alicyclic amines) is 1. The summed E-state index contributed by atoms with van der Waals surface area (Å²) in [6.45, 7) is 3.65. The van der Waals surface area contributed by atoms with Gasteiger partial charge in [-0.2, -0.15) is 0 Å². The van der Waals surface area contributed by atoms with Crippen LogP contribution in [0.15, 0.2) is 11.6 Å². The minimum Gasteiger partial charge on any atom is -0.300 e. The van der Waals surface area contributed by atoms with Gasteiger partial charge in [-0.25, -0.2) is 0 Å². The summed E-state index contributed by atoms with van der Waals surface area (Å²) in [5.74, 6) is 0.293. The SMILES string of the molecule is CC(=O)CC1CCCCCN1CC=CCl. The number of carbonyl (C=O) groups is 1. The molecule has 1 atom stereocenters. The molecule has 1 aliphatic heterocycles. The summed E-state index contributed by atoms with van der Waals surface area (Å²) in [7, 11) is 0. The second-order valence-corrected chi connectivity index (χ2v) is 4.52. The smallest absolute Gasteiger partial charge is 0.131 e. The zero-order chi connectivity index (χ0) is 11.1. The van der Waals surface area contributed by atoms with Crippen LogP contribution in [-0.4, -0.2) is 29.8 Å². The number of nitrogens with zero attached hydrogens (tertiary/aromatic N) is 1. The van der Waals surface area contributed by atoms with Crippen molar-refractivity contribution in [2.45, 2.75) is 45.1 Å². The van der Waals surface area contributed by atoms with Gasteiger partial charge >= 0.3 is 0 Å². The lowest BCUT2D eigenvalue weighted by Crippen LogP contribution is -2.36. The fourth-order valence-corrected chi connectivity index (χ4v) is 2.30. The second kappa shape index (κ2) is 7.02. The Morgan fingerprint density at radius 1 is 1.47 bits per heavy atom. The third-order valence-electron chi connectivity index (χ3n) is 2.95. The summed E-state index contributed by atoms with van der Waals surface area (Å²) >= 11 is 5.54. The molecule has 0 aliphatic carbocycles. The van der Waals surface area contributed by atoms with Gasteiger partial charge in [0.2, 0.25) is 0 Å². The molecular weight excluding hydrogens is 210 g/mol. The molecular formula is C12H20ClNO. The van der Waals surface area contributed by atoms with Crippen molar-refractivity contribution in [2.75, 3.05) is 13.1 Å². The average Bonchev–Trinajstić information content (AvgIpc) is 2.40. The topological polar surface area (TPSA) is 20.3 Å². The first kappa shape index (κ1) is 12.7. The largest absolute Gasteiger partial charge is 0.300 e. The van der Waals surface area contributed by atoms with E-state index in [4.69, 9.17) is 11.6 Å². The zero-order valence-electron chi connectivity index (χ0n) is 9.42. The van der Waals surface area contributed by atoms with Gasteiger partial charge in [0.25, 0.3) is 0 Å². The average molecular weight is 230 g/mol. The van der Waals surface area contributed by atoms with Gasteiger partial charge in [-0.3, -0.25) is 9.69 Å². The van der Waals surface area contributed by atoms with Gasteiger partial charge < -0.3 is 0 Å². The summed E-state index contributed by atoms with van der Waals surface area (Å²) in [5.41, 5.74) is 1.57. The molecule has 15 heavy (non-hydrogen) atoms. The lowest BCUT2D eigenvalue weighted by Gasteiger charge is -2.27. The highest BCUT2D eigenvalue weighted by atomic mass is 35.5. The van der Waals surface area contributed by atoms with Crippen LogP contribution in [0.3, 0.4) is 0 Å². The van der Waals surface area contributed by atoms with Crippen LogP contribution in [0.25, 0.3) is 0 Å². The Morgan fingerprint density at radius 3 is 2.93 bits per heavy atom. The number of ketones is 1. The fourth-order valence-electron chi connectivity index (χ4n) is 2.22. The monoisotopic (exact) mass is 229 g/mol. The maximum absolute atomic E-state index is 11.2. The molecule has 0 N–H and O–H groups in total. The summed E-state index contributed by atoms with van der Waals surface area (Å²) in [6.07, 6.45) is 7.57. The van der Waals surface area contributed by atoms with Crippen molar-refractivity contribution in [1.29, 1.82) is 0 Å². The number of rotatable bonds is 4. The van der Waals surface area contributed by atoms with Crippen molar-refractivity contribution in [3.05, 3.63) is 11.6 Å². The molecule has 1 saturated heterocycles. The van der Waals surface area contributed by atoms with Crippen molar-refractivity contribution in [2.24, 2.45) is 0 Å². The predicted molar refractivity (Wildman–Crippen MR) is 64.1 cm³/mol. The van der Waals surface area contributed by atoms with Crippen LogP contribution < -0.4 is 0 Å². The molecule has 1 heterocycles. The molecule has 0 amide bonds. The number of hydrogen-bond acceptors (Lipinski definition) is 2. The van der Waals surface area contributed by atoms with Crippen molar-refractivity contribution < 1.29 is 4.79 Å². The van der Waals surface area contributed by atoms with E-state index in [2.05, 4.69) is 4.90 Å². The van der Waals surface area contributed by atoms with Crippen LogP contribution in [0.2, 0.25) is 0 Å². The Kier molecular flexibility index (Phi) is 5.96. The van der Waals surface area contributed by atoms with E-state index in [-0.39, 0.29) is 0 Å². The number of carbonyl (C=O) groups excluding carboxylic acids is 1. The van der Waals surface area contributed by atoms with E-state index in [1.165, 1.54) is 19.3 Å². The number of halogens is 1. The molecule has 3 heteroatoms. The summed E-state index contributed by atoms with van der Waals surface area (Å²) < 4.78 is 0. The van der Waals surface area contributed by atoms with Gasteiger partial charge in [0.1, 0.15) is 5.78 Å². The standard InChI is InChI=1S/C12H20ClNO/c1-11(15)10-12-6-3-2-4-8-14(12)9-5-7-13/h5,7,12H,2-4,6,8-10H2,1H3. The lowest BCUT2D eigenvalue weighted by molar-refractivity contribution is -0.118. The molecule has 0 aromatic carbocycles. The quantitative estimate of drug-likeness (QED) is 0.739. The van der Waals surface area contributed by atoms with Crippen LogP contribution in [-0.2, 0) is 4.79 Å². The molecule has 0 saturated carbocycles. The molecule has 0 radical (unpaired) electrons. The highest BCUT2D eigenvalue weighted by molar-refractivity contribution is 6.25. The van der Waals surface area contributed by atoms with Crippen molar-refractivity contribution >= 4 is 17.4 Å². The van der Waals surface area contributed by atoms with Crippen LogP contribution in [0, 0.1) is 0 Å². The van der Waals surface area contributed by atoms with Gasteiger partial charge in [0.05, 0.1) is 0 Å². The molecule has 0 aromatic heterocycles. The first-order valence-corrected chi connectivity index (χ1v) is 6.16. The van der Waals surface area contributed by atoms with E-state index in [9.17, 15) is 4.79 Å². The Morgan fingerprint density at radius 2 is 2.27 bits per heavy atom. The lowest BCUT2D eigenvalue weighted by atomic mass is 10.0. The van der Waals surface area contributed by atoms with E-state index in [1.54, 1.807) is 12.5 Å². The summed E-state index contributed by atoms with van der Waals surface area (Å²) in [6, 6.07) is 0.429. The van der Waals surface area contributed by atoms with E-state index in [0.29, 0.717) is 18.2 Å². The summed E-state index contributed by atoms with van der Waals surface area (Å²) in [5, 5.41) is 0. The molecule has 0 aromatic rings. The molecule has 1 fully saturated rings. The highest BCUT2D eigenvalue weighted by Gasteiger charge is 2.20. The predicted octanol–water partition coefficient (Wildman–Crippen LogP) is 2.96. The van der Waals surface area contributed by atoms with Crippen LogP contribution >= 0.6 is 11.6 Å². The van der Waals surface area contributed by atoms with Crippen molar-refractivity contribution in [3.63, 3.8) is 0 Å². The Labute approximate surface area is 97.3 Å². The summed E-state index contributed by atoms with van der Waals surface area (Å²) in [4.78, 5) is 13.6. The zero-order valence-corrected chi connectivity index (χ0v) is 10.2. The Hall–Kier alpha value is -0.340. The molecule has 1 unspecified atom stereocenters. The van der Waals surface area contributed by atoms with Gasteiger partial charge in [0.15, 0.2) is 0 Å². The number of Topliss-reactive ketones (excluding diaryl/α,β-unsaturated/α-hetero) is 1. The highest BCUT2D eigenvalue weighted by Crippen LogP contribution is 2.19. The second-order valence-electron chi connectivity index (χ2n) is 4.27. The normalized spacial score (nSPS) is 24.3. The van der Waals surface area contributed by atoms with Crippen molar-refractivity contribution in [1.82, 2.24) is 4.90 Å². The molecule has 0 bridgehead atoms. The Bertz CT molecular complexity index is 228. The fraction of sp³-hybridized carbons (Fsp3) is 0.750.